The number of nitrogens with one attached hydrogen (secondary N) is 2. The molecule has 2 aromatic carbocycles. The maximum Gasteiger partial charge on any atom is 0.323 e. The first kappa shape index (κ1) is 14.9. The Morgan fingerprint density at radius 2 is 1.67 bits per heavy atom. The first-order valence-electron chi connectivity index (χ1n) is 6.80. The second-order valence-electron chi connectivity index (χ2n) is 5.01. The van der Waals surface area contributed by atoms with Gasteiger partial charge in [0.15, 0.2) is 0 Å². The van der Waals surface area contributed by atoms with Gasteiger partial charge in [-0.3, -0.25) is 0 Å². The largest absolute Gasteiger partial charge is 0.497 e. The molecule has 2 aromatic rings. The molecule has 0 radical (unpaired) electrons. The lowest BCUT2D eigenvalue weighted by Gasteiger charge is -2.13. The van der Waals surface area contributed by atoms with Crippen LogP contribution in [0.5, 0.6) is 5.75 Å². The van der Waals surface area contributed by atoms with Gasteiger partial charge < -0.3 is 15.4 Å². The average Bonchev–Trinajstić information content (AvgIpc) is 2.46. The van der Waals surface area contributed by atoms with Crippen LogP contribution in [-0.2, 0) is 0 Å². The molecule has 4 heteroatoms. The molecule has 0 unspecified atom stereocenters. The van der Waals surface area contributed by atoms with Crippen molar-refractivity contribution in [1.82, 2.24) is 0 Å². The van der Waals surface area contributed by atoms with Crippen LogP contribution in [0.3, 0.4) is 0 Å². The summed E-state index contributed by atoms with van der Waals surface area (Å²) in [6, 6.07) is 11.1. The van der Waals surface area contributed by atoms with Crippen LogP contribution in [0, 0.1) is 20.8 Å². The zero-order valence-electron chi connectivity index (χ0n) is 12.8. The quantitative estimate of drug-likeness (QED) is 0.884. The van der Waals surface area contributed by atoms with Gasteiger partial charge in [0.05, 0.1) is 7.11 Å². The SMILES string of the molecule is COc1ccc(NC(=O)Nc2cccc(C)c2C)c(C)c1. The van der Waals surface area contributed by atoms with Crippen LogP contribution in [0.2, 0.25) is 0 Å². The topological polar surface area (TPSA) is 50.4 Å². The Kier molecular flexibility index (Phi) is 4.48. The van der Waals surface area contributed by atoms with E-state index in [1.165, 1.54) is 0 Å². The monoisotopic (exact) mass is 284 g/mol. The van der Waals surface area contributed by atoms with E-state index >= 15 is 0 Å². The third-order valence-electron chi connectivity index (χ3n) is 3.53. The van der Waals surface area contributed by atoms with Gasteiger partial charge in [-0.2, -0.15) is 0 Å². The Labute approximate surface area is 125 Å². The number of ether oxygens (including phenoxy) is 1. The lowest BCUT2D eigenvalue weighted by atomic mass is 10.1. The van der Waals surface area contributed by atoms with Gasteiger partial charge in [-0.25, -0.2) is 4.79 Å². The highest BCUT2D eigenvalue weighted by Gasteiger charge is 2.08. The molecule has 2 rings (SSSR count). The number of aryl methyl sites for hydroxylation is 2. The molecule has 0 bridgehead atoms. The number of carbonyl (C=O) groups excluding carboxylic acids is 1. The van der Waals surface area contributed by atoms with Crippen molar-refractivity contribution in [3.8, 4) is 5.75 Å². The second-order valence-corrected chi connectivity index (χ2v) is 5.01. The van der Waals surface area contributed by atoms with Gasteiger partial charge in [0.2, 0.25) is 0 Å². The van der Waals surface area contributed by atoms with Crippen molar-refractivity contribution in [1.29, 1.82) is 0 Å². The number of carbonyl (C=O) groups is 1. The number of hydrogen-bond acceptors (Lipinski definition) is 2. The predicted octanol–water partition coefficient (Wildman–Crippen LogP) is 4.26. The standard InChI is InChI=1S/C17H20N2O2/c1-11-6-5-7-16(13(11)3)19-17(20)18-15-9-8-14(21-4)10-12(15)2/h5-10H,1-4H3,(H2,18,19,20). The van der Waals surface area contributed by atoms with Crippen molar-refractivity contribution in [2.75, 3.05) is 17.7 Å². The molecule has 0 atom stereocenters. The zero-order valence-corrected chi connectivity index (χ0v) is 12.8. The lowest BCUT2D eigenvalue weighted by molar-refractivity contribution is 0.262. The minimum Gasteiger partial charge on any atom is -0.497 e. The normalized spacial score (nSPS) is 10.1. The van der Waals surface area contributed by atoms with E-state index in [0.717, 1.165) is 33.8 Å². The minimum absolute atomic E-state index is 0.253. The molecule has 4 nitrogen and oxygen atoms in total. The Morgan fingerprint density at radius 1 is 0.952 bits per heavy atom. The highest BCUT2D eigenvalue weighted by molar-refractivity contribution is 6.00. The molecule has 0 fully saturated rings. The first-order chi connectivity index (χ1) is 10.0. The molecule has 2 N–H and O–H groups in total. The highest BCUT2D eigenvalue weighted by Crippen LogP contribution is 2.22. The Bertz CT molecular complexity index is 666. The van der Waals surface area contributed by atoms with Crippen LogP contribution in [0.25, 0.3) is 0 Å². The molecular weight excluding hydrogens is 264 g/mol. The summed E-state index contributed by atoms with van der Waals surface area (Å²) in [6.45, 7) is 5.94. The summed E-state index contributed by atoms with van der Waals surface area (Å²) in [6.07, 6.45) is 0. The molecule has 0 aliphatic rings. The second kappa shape index (κ2) is 6.31. The molecule has 0 saturated carbocycles. The molecule has 0 heterocycles. The van der Waals surface area contributed by atoms with Crippen LogP contribution in [0.4, 0.5) is 16.2 Å². The van der Waals surface area contributed by atoms with Crippen molar-refractivity contribution in [2.24, 2.45) is 0 Å². The molecule has 0 aliphatic heterocycles. The minimum atomic E-state index is -0.253. The van der Waals surface area contributed by atoms with Crippen molar-refractivity contribution in [3.63, 3.8) is 0 Å². The van der Waals surface area contributed by atoms with Gasteiger partial charge in [0.25, 0.3) is 0 Å². The fraction of sp³-hybridized carbons (Fsp3) is 0.235. The molecule has 21 heavy (non-hydrogen) atoms. The summed E-state index contributed by atoms with van der Waals surface area (Å²) in [5.41, 5.74) is 4.75. The van der Waals surface area contributed by atoms with Crippen LogP contribution < -0.4 is 15.4 Å². The number of amides is 2. The van der Waals surface area contributed by atoms with E-state index in [4.69, 9.17) is 4.74 Å². The van der Waals surface area contributed by atoms with Gasteiger partial charge >= 0.3 is 6.03 Å². The van der Waals surface area contributed by atoms with Crippen LogP contribution >= 0.6 is 0 Å². The summed E-state index contributed by atoms with van der Waals surface area (Å²) in [5.74, 6) is 0.771. The summed E-state index contributed by atoms with van der Waals surface area (Å²) < 4.78 is 5.15. The average molecular weight is 284 g/mol. The zero-order chi connectivity index (χ0) is 15.4. The summed E-state index contributed by atoms with van der Waals surface area (Å²) in [5, 5.41) is 5.73. The molecule has 0 saturated heterocycles. The number of anilines is 2. The van der Waals surface area contributed by atoms with Gasteiger partial charge in [-0.15, -0.1) is 0 Å². The van der Waals surface area contributed by atoms with E-state index in [2.05, 4.69) is 10.6 Å². The van der Waals surface area contributed by atoms with Crippen LogP contribution in [-0.4, -0.2) is 13.1 Å². The number of urea groups is 1. The van der Waals surface area contributed by atoms with E-state index < -0.39 is 0 Å². The summed E-state index contributed by atoms with van der Waals surface area (Å²) in [7, 11) is 1.62. The molecule has 0 aromatic heterocycles. The maximum absolute atomic E-state index is 12.1. The molecule has 0 spiro atoms. The van der Waals surface area contributed by atoms with Gasteiger partial charge in [-0.1, -0.05) is 12.1 Å². The van der Waals surface area contributed by atoms with E-state index in [9.17, 15) is 4.79 Å². The van der Waals surface area contributed by atoms with Crippen molar-refractivity contribution in [2.45, 2.75) is 20.8 Å². The van der Waals surface area contributed by atoms with Gasteiger partial charge in [0, 0.05) is 11.4 Å². The molecule has 0 aliphatic carbocycles. The summed E-state index contributed by atoms with van der Waals surface area (Å²) in [4.78, 5) is 12.1. The van der Waals surface area contributed by atoms with Gasteiger partial charge in [-0.05, 0) is 61.7 Å². The number of hydrogen-bond donors (Lipinski definition) is 2. The van der Waals surface area contributed by atoms with E-state index in [-0.39, 0.29) is 6.03 Å². The fourth-order valence-electron chi connectivity index (χ4n) is 2.07. The van der Waals surface area contributed by atoms with Crippen molar-refractivity contribution in [3.05, 3.63) is 53.1 Å². The lowest BCUT2D eigenvalue weighted by Crippen LogP contribution is -2.20. The first-order valence-corrected chi connectivity index (χ1v) is 6.80. The smallest absolute Gasteiger partial charge is 0.323 e. The fourth-order valence-corrected chi connectivity index (χ4v) is 2.07. The Hall–Kier alpha value is -2.49. The van der Waals surface area contributed by atoms with Crippen molar-refractivity contribution < 1.29 is 9.53 Å². The van der Waals surface area contributed by atoms with Crippen LogP contribution in [0.15, 0.2) is 36.4 Å². The molecule has 2 amide bonds. The number of rotatable bonds is 3. The molecular formula is C17H20N2O2. The van der Waals surface area contributed by atoms with E-state index in [1.54, 1.807) is 7.11 Å². The summed E-state index contributed by atoms with van der Waals surface area (Å²) >= 11 is 0. The number of benzene rings is 2. The number of methoxy groups -OCH3 is 1. The maximum atomic E-state index is 12.1. The molecule has 110 valence electrons. The van der Waals surface area contributed by atoms with E-state index in [1.807, 2.05) is 57.2 Å². The highest BCUT2D eigenvalue weighted by atomic mass is 16.5. The van der Waals surface area contributed by atoms with Gasteiger partial charge in [0.1, 0.15) is 5.75 Å². The third-order valence-corrected chi connectivity index (χ3v) is 3.53. The predicted molar refractivity (Wildman–Crippen MR) is 86.3 cm³/mol. The van der Waals surface area contributed by atoms with E-state index in [0.29, 0.717) is 0 Å². The Balaban J connectivity index is 2.10. The Morgan fingerprint density at radius 3 is 2.33 bits per heavy atom. The van der Waals surface area contributed by atoms with Crippen molar-refractivity contribution >= 4 is 17.4 Å². The third kappa shape index (κ3) is 3.54. The van der Waals surface area contributed by atoms with Crippen LogP contribution in [0.1, 0.15) is 16.7 Å².